The van der Waals surface area contributed by atoms with Crippen LogP contribution in [0.25, 0.3) is 0 Å². The van der Waals surface area contributed by atoms with Crippen molar-refractivity contribution in [1.29, 1.82) is 0 Å². The molecule has 0 bridgehead atoms. The molecule has 2 atom stereocenters. The summed E-state index contributed by atoms with van der Waals surface area (Å²) < 4.78 is 10.6. The van der Waals surface area contributed by atoms with Crippen molar-refractivity contribution in [3.8, 4) is 11.5 Å². The Kier molecular flexibility index (Phi) is 6.03. The molecule has 1 heterocycles. The standard InChI is InChI=1S/C29H28N2O4/c1-18-16-24-27(26(32)17-18)28(19-8-12-21(34-2)13-9-19)31(25-7-5-4-6-23(25)30-24)29(33)20-10-14-22(35-3)15-11-20/h4-15,18,28,30H,16-17H2,1-3H3. The maximum absolute atomic E-state index is 14.2. The number of allylic oxidation sites excluding steroid dienone is 1. The van der Waals surface area contributed by atoms with Crippen molar-refractivity contribution in [3.63, 3.8) is 0 Å². The molecule has 0 spiro atoms. The lowest BCUT2D eigenvalue weighted by molar-refractivity contribution is -0.117. The van der Waals surface area contributed by atoms with Crippen LogP contribution in [0.2, 0.25) is 0 Å². The fraction of sp³-hybridized carbons (Fsp3) is 0.241. The van der Waals surface area contributed by atoms with E-state index in [9.17, 15) is 9.59 Å². The van der Waals surface area contributed by atoms with Gasteiger partial charge in [-0.1, -0.05) is 31.2 Å². The number of hydrogen-bond donors (Lipinski definition) is 1. The first-order chi connectivity index (χ1) is 17.0. The lowest BCUT2D eigenvalue weighted by atomic mass is 9.81. The van der Waals surface area contributed by atoms with E-state index in [1.807, 2.05) is 48.5 Å². The Morgan fingerprint density at radius 3 is 2.17 bits per heavy atom. The SMILES string of the molecule is COc1ccc(C(=O)N2c3ccccc3NC3=C(C(=O)CC(C)C3)C2c2ccc(OC)cc2)cc1. The average molecular weight is 469 g/mol. The van der Waals surface area contributed by atoms with Crippen LogP contribution in [0.5, 0.6) is 11.5 Å². The summed E-state index contributed by atoms with van der Waals surface area (Å²) in [6, 6.07) is 21.8. The quantitative estimate of drug-likeness (QED) is 0.526. The molecule has 3 aromatic rings. The molecule has 1 N–H and O–H groups in total. The molecular weight excluding hydrogens is 440 g/mol. The van der Waals surface area contributed by atoms with Gasteiger partial charge in [-0.3, -0.25) is 14.5 Å². The van der Waals surface area contributed by atoms with Gasteiger partial charge in [0.25, 0.3) is 5.91 Å². The number of anilines is 2. The van der Waals surface area contributed by atoms with Gasteiger partial charge in [-0.2, -0.15) is 0 Å². The van der Waals surface area contributed by atoms with Gasteiger partial charge in [0, 0.05) is 23.3 Å². The molecule has 6 heteroatoms. The van der Waals surface area contributed by atoms with Crippen LogP contribution in [-0.2, 0) is 4.79 Å². The Morgan fingerprint density at radius 1 is 0.886 bits per heavy atom. The molecular formula is C29H28N2O4. The van der Waals surface area contributed by atoms with E-state index in [0.29, 0.717) is 29.1 Å². The zero-order chi connectivity index (χ0) is 24.5. The number of methoxy groups -OCH3 is 2. The third-order valence-corrected chi connectivity index (χ3v) is 6.68. The highest BCUT2D eigenvalue weighted by Crippen LogP contribution is 2.46. The molecule has 35 heavy (non-hydrogen) atoms. The largest absolute Gasteiger partial charge is 0.497 e. The number of hydrogen-bond acceptors (Lipinski definition) is 5. The lowest BCUT2D eigenvalue weighted by Gasteiger charge is -2.34. The van der Waals surface area contributed by atoms with Crippen LogP contribution in [0.4, 0.5) is 11.4 Å². The van der Waals surface area contributed by atoms with E-state index in [1.54, 1.807) is 43.4 Å². The average Bonchev–Trinajstić information content (AvgIpc) is 3.02. The second-order valence-electron chi connectivity index (χ2n) is 9.05. The Morgan fingerprint density at radius 2 is 1.51 bits per heavy atom. The first-order valence-electron chi connectivity index (χ1n) is 11.7. The summed E-state index contributed by atoms with van der Waals surface area (Å²) >= 11 is 0. The minimum Gasteiger partial charge on any atom is -0.497 e. The normalized spacial score (nSPS) is 19.3. The van der Waals surface area contributed by atoms with Gasteiger partial charge in [-0.25, -0.2) is 0 Å². The minimum absolute atomic E-state index is 0.0624. The first kappa shape index (κ1) is 22.7. The van der Waals surface area contributed by atoms with Gasteiger partial charge in [-0.05, 0) is 66.4 Å². The predicted molar refractivity (Wildman–Crippen MR) is 136 cm³/mol. The maximum Gasteiger partial charge on any atom is 0.259 e. The number of amides is 1. The highest BCUT2D eigenvalue weighted by molar-refractivity contribution is 6.12. The summed E-state index contributed by atoms with van der Waals surface area (Å²) in [6.45, 7) is 2.09. The Balaban J connectivity index is 1.74. The molecule has 1 aliphatic heterocycles. The van der Waals surface area contributed by atoms with E-state index in [1.165, 1.54) is 0 Å². The van der Waals surface area contributed by atoms with Crippen molar-refractivity contribution in [2.45, 2.75) is 25.8 Å². The molecule has 1 amide bonds. The van der Waals surface area contributed by atoms with Gasteiger partial charge >= 0.3 is 0 Å². The molecule has 5 rings (SSSR count). The van der Waals surface area contributed by atoms with E-state index < -0.39 is 6.04 Å². The van der Waals surface area contributed by atoms with Crippen molar-refractivity contribution >= 4 is 23.1 Å². The third kappa shape index (κ3) is 4.16. The number of para-hydroxylation sites is 2. The zero-order valence-corrected chi connectivity index (χ0v) is 20.1. The Hall–Kier alpha value is -4.06. The molecule has 0 aromatic heterocycles. The van der Waals surface area contributed by atoms with Crippen LogP contribution < -0.4 is 19.7 Å². The lowest BCUT2D eigenvalue weighted by Crippen LogP contribution is -2.38. The molecule has 3 aromatic carbocycles. The molecule has 0 saturated heterocycles. The topological polar surface area (TPSA) is 67.9 Å². The van der Waals surface area contributed by atoms with Gasteiger partial charge in [-0.15, -0.1) is 0 Å². The monoisotopic (exact) mass is 468 g/mol. The number of carbonyl (C=O) groups excluding carboxylic acids is 2. The van der Waals surface area contributed by atoms with Crippen LogP contribution in [0.3, 0.4) is 0 Å². The predicted octanol–water partition coefficient (Wildman–Crippen LogP) is 5.77. The molecule has 0 saturated carbocycles. The van der Waals surface area contributed by atoms with Crippen molar-refractivity contribution in [2.75, 3.05) is 24.4 Å². The molecule has 2 unspecified atom stereocenters. The number of benzene rings is 3. The number of ketones is 1. The van der Waals surface area contributed by atoms with Crippen molar-refractivity contribution < 1.29 is 19.1 Å². The smallest absolute Gasteiger partial charge is 0.259 e. The fourth-order valence-corrected chi connectivity index (χ4v) is 4.98. The van der Waals surface area contributed by atoms with Gasteiger partial charge in [0.15, 0.2) is 5.78 Å². The number of Topliss-reactive ketones (excluding diaryl/α,β-unsaturated/α-hetero) is 1. The Bertz CT molecular complexity index is 1300. The number of nitrogens with one attached hydrogen (secondary N) is 1. The Labute approximate surface area is 205 Å². The molecule has 0 fully saturated rings. The van der Waals surface area contributed by atoms with Gasteiger partial charge in [0.1, 0.15) is 11.5 Å². The van der Waals surface area contributed by atoms with E-state index in [2.05, 4.69) is 12.2 Å². The molecule has 0 radical (unpaired) electrons. The summed E-state index contributed by atoms with van der Waals surface area (Å²) in [5, 5.41) is 3.52. The van der Waals surface area contributed by atoms with Gasteiger partial charge < -0.3 is 14.8 Å². The summed E-state index contributed by atoms with van der Waals surface area (Å²) in [6.07, 6.45) is 1.20. The van der Waals surface area contributed by atoms with E-state index in [-0.39, 0.29) is 17.6 Å². The van der Waals surface area contributed by atoms with Crippen molar-refractivity contribution in [3.05, 3.63) is 95.2 Å². The van der Waals surface area contributed by atoms with Crippen molar-refractivity contribution in [1.82, 2.24) is 0 Å². The van der Waals surface area contributed by atoms with Crippen LogP contribution >= 0.6 is 0 Å². The summed E-state index contributed by atoms with van der Waals surface area (Å²) in [7, 11) is 3.21. The van der Waals surface area contributed by atoms with Gasteiger partial charge in [0.2, 0.25) is 0 Å². The highest BCUT2D eigenvalue weighted by Gasteiger charge is 2.40. The summed E-state index contributed by atoms with van der Waals surface area (Å²) in [5.74, 6) is 1.48. The zero-order valence-electron chi connectivity index (χ0n) is 20.1. The molecule has 178 valence electrons. The third-order valence-electron chi connectivity index (χ3n) is 6.68. The van der Waals surface area contributed by atoms with Gasteiger partial charge in [0.05, 0.1) is 31.6 Å². The van der Waals surface area contributed by atoms with Crippen LogP contribution in [0.15, 0.2) is 84.1 Å². The van der Waals surface area contributed by atoms with Crippen molar-refractivity contribution in [2.24, 2.45) is 5.92 Å². The van der Waals surface area contributed by atoms with E-state index >= 15 is 0 Å². The minimum atomic E-state index is -0.582. The van der Waals surface area contributed by atoms with Crippen LogP contribution in [-0.4, -0.2) is 25.9 Å². The van der Waals surface area contributed by atoms with Crippen LogP contribution in [0.1, 0.15) is 41.7 Å². The van der Waals surface area contributed by atoms with Crippen LogP contribution in [0, 0.1) is 5.92 Å². The highest BCUT2D eigenvalue weighted by atomic mass is 16.5. The molecule has 6 nitrogen and oxygen atoms in total. The summed E-state index contributed by atoms with van der Waals surface area (Å²) in [5.41, 5.74) is 4.42. The summed E-state index contributed by atoms with van der Waals surface area (Å²) in [4.78, 5) is 29.5. The number of nitrogens with zero attached hydrogens (tertiary/aromatic N) is 1. The number of rotatable bonds is 4. The fourth-order valence-electron chi connectivity index (χ4n) is 4.98. The molecule has 1 aliphatic carbocycles. The maximum atomic E-state index is 14.2. The number of carbonyl (C=O) groups is 2. The number of fused-ring (bicyclic) bond motifs is 1. The van der Waals surface area contributed by atoms with E-state index in [0.717, 1.165) is 29.1 Å². The molecule has 2 aliphatic rings. The second kappa shape index (κ2) is 9.29. The number of ether oxygens (including phenoxy) is 2. The van der Waals surface area contributed by atoms with E-state index in [4.69, 9.17) is 9.47 Å². The second-order valence-corrected chi connectivity index (χ2v) is 9.05. The first-order valence-corrected chi connectivity index (χ1v) is 11.7.